The van der Waals surface area contributed by atoms with E-state index in [1.165, 1.54) is 12.1 Å². The van der Waals surface area contributed by atoms with Crippen LogP contribution in [-0.2, 0) is 6.54 Å². The number of aryl methyl sites for hydroxylation is 1. The van der Waals surface area contributed by atoms with Gasteiger partial charge in [0.1, 0.15) is 5.75 Å². The average Bonchev–Trinajstić information content (AvgIpc) is 3.05. The van der Waals surface area contributed by atoms with Gasteiger partial charge in [-0.05, 0) is 38.5 Å². The van der Waals surface area contributed by atoms with Crippen molar-refractivity contribution in [3.05, 3.63) is 45.9 Å². The van der Waals surface area contributed by atoms with Crippen LogP contribution in [0.2, 0.25) is 0 Å². The second kappa shape index (κ2) is 12.6. The first-order valence-electron chi connectivity index (χ1n) is 8.97. The molecule has 0 fully saturated rings. The smallest absolute Gasteiger partial charge is 0.251 e. The monoisotopic (exact) mass is 517 g/mol. The van der Waals surface area contributed by atoms with Crippen molar-refractivity contribution in [1.82, 2.24) is 20.5 Å². The molecule has 1 aromatic carbocycles. The van der Waals surface area contributed by atoms with Crippen molar-refractivity contribution in [2.45, 2.75) is 26.8 Å². The van der Waals surface area contributed by atoms with Crippen LogP contribution >= 0.6 is 35.3 Å². The number of halogens is 1. The van der Waals surface area contributed by atoms with E-state index < -0.39 is 0 Å². The molecule has 28 heavy (non-hydrogen) atoms. The molecule has 3 N–H and O–H groups in total. The number of nitrogens with one attached hydrogen (secondary N) is 2. The Morgan fingerprint density at radius 3 is 2.79 bits per heavy atom. The summed E-state index contributed by atoms with van der Waals surface area (Å²) >= 11 is 1.64. The van der Waals surface area contributed by atoms with E-state index in [0.717, 1.165) is 29.6 Å². The second-order valence-electron chi connectivity index (χ2n) is 6.11. The second-order valence-corrected chi connectivity index (χ2v) is 7.17. The molecule has 0 spiro atoms. The Kier molecular flexibility index (Phi) is 10.8. The predicted octanol–water partition coefficient (Wildman–Crippen LogP) is 2.99. The maximum atomic E-state index is 12.0. The lowest BCUT2D eigenvalue weighted by molar-refractivity contribution is 0.0953. The Hall–Kier alpha value is -1.88. The maximum absolute atomic E-state index is 12.0. The first-order chi connectivity index (χ1) is 13.0. The molecule has 0 aliphatic rings. The Balaban J connectivity index is 0.00000392. The number of aliphatic imine (C=N–C) groups is 1. The molecule has 0 aliphatic heterocycles. The number of aromatic hydroxyl groups is 1. The van der Waals surface area contributed by atoms with Gasteiger partial charge in [-0.2, -0.15) is 0 Å². The van der Waals surface area contributed by atoms with E-state index in [-0.39, 0.29) is 35.6 Å². The number of hydrogen-bond donors (Lipinski definition) is 3. The van der Waals surface area contributed by atoms with Gasteiger partial charge in [0.2, 0.25) is 0 Å². The summed E-state index contributed by atoms with van der Waals surface area (Å²) in [6.45, 7) is 6.64. The fourth-order valence-corrected chi connectivity index (χ4v) is 3.09. The van der Waals surface area contributed by atoms with E-state index in [9.17, 15) is 9.90 Å². The fraction of sp³-hybridized carbons (Fsp3) is 0.421. The average molecular weight is 517 g/mol. The van der Waals surface area contributed by atoms with Crippen molar-refractivity contribution in [3.63, 3.8) is 0 Å². The molecule has 0 aliphatic carbocycles. The third-order valence-corrected chi connectivity index (χ3v) is 4.57. The van der Waals surface area contributed by atoms with Crippen LogP contribution in [0.3, 0.4) is 0 Å². The predicted molar refractivity (Wildman–Crippen MR) is 125 cm³/mol. The van der Waals surface area contributed by atoms with Crippen molar-refractivity contribution >= 4 is 47.2 Å². The van der Waals surface area contributed by atoms with Gasteiger partial charge in [0, 0.05) is 37.6 Å². The summed E-state index contributed by atoms with van der Waals surface area (Å²) in [4.78, 5) is 23.2. The number of thiazole rings is 1. The van der Waals surface area contributed by atoms with Gasteiger partial charge in [0.05, 0.1) is 17.2 Å². The van der Waals surface area contributed by atoms with Crippen LogP contribution in [0, 0.1) is 6.92 Å². The zero-order valence-electron chi connectivity index (χ0n) is 16.4. The third-order valence-electron chi connectivity index (χ3n) is 3.75. The summed E-state index contributed by atoms with van der Waals surface area (Å²) in [5, 5.41) is 18.7. The Morgan fingerprint density at radius 1 is 1.36 bits per heavy atom. The first kappa shape index (κ1) is 24.2. The molecule has 1 aromatic heterocycles. The standard InChI is InChI=1S/C19H27N5O2S.HI/c1-4-20-19(24(3)12-16-13-27-14(2)23-16)22-10-6-9-21-18(26)15-7-5-8-17(25)11-15;/h5,7-8,11,13,25H,4,6,9-10,12H2,1-3H3,(H,20,22)(H,21,26);1H. The number of aromatic nitrogens is 1. The molecule has 0 saturated heterocycles. The SMILES string of the molecule is CCNC(=NCCCNC(=O)c1cccc(O)c1)N(C)Cc1csc(C)n1.I. The number of hydrogen-bond acceptors (Lipinski definition) is 5. The molecule has 1 amide bonds. The van der Waals surface area contributed by atoms with E-state index in [0.29, 0.717) is 25.2 Å². The van der Waals surface area contributed by atoms with Crippen LogP contribution in [0.15, 0.2) is 34.6 Å². The zero-order valence-corrected chi connectivity index (χ0v) is 19.6. The molecule has 1 heterocycles. The van der Waals surface area contributed by atoms with E-state index in [4.69, 9.17) is 0 Å². The van der Waals surface area contributed by atoms with Crippen molar-refractivity contribution in [1.29, 1.82) is 0 Å². The van der Waals surface area contributed by atoms with Crippen LogP contribution < -0.4 is 10.6 Å². The number of phenolic OH excluding ortho intramolecular Hbond substituents is 1. The molecular formula is C19H28IN5O2S. The van der Waals surface area contributed by atoms with Crippen molar-refractivity contribution in [2.75, 3.05) is 26.7 Å². The minimum Gasteiger partial charge on any atom is -0.508 e. The summed E-state index contributed by atoms with van der Waals surface area (Å²) in [7, 11) is 1.99. The topological polar surface area (TPSA) is 89.8 Å². The summed E-state index contributed by atoms with van der Waals surface area (Å²) in [5.74, 6) is 0.709. The highest BCUT2D eigenvalue weighted by molar-refractivity contribution is 14.0. The van der Waals surface area contributed by atoms with Crippen molar-refractivity contribution in [3.8, 4) is 5.75 Å². The van der Waals surface area contributed by atoms with Crippen LogP contribution in [0.5, 0.6) is 5.75 Å². The molecule has 9 heteroatoms. The van der Waals surface area contributed by atoms with Gasteiger partial charge in [0.15, 0.2) is 5.96 Å². The van der Waals surface area contributed by atoms with Gasteiger partial charge >= 0.3 is 0 Å². The van der Waals surface area contributed by atoms with Gasteiger partial charge in [-0.1, -0.05) is 6.07 Å². The summed E-state index contributed by atoms with van der Waals surface area (Å²) < 4.78 is 0. The maximum Gasteiger partial charge on any atom is 0.251 e. The number of carbonyl (C=O) groups is 1. The first-order valence-corrected chi connectivity index (χ1v) is 9.85. The molecule has 0 unspecified atom stereocenters. The van der Waals surface area contributed by atoms with Gasteiger partial charge < -0.3 is 20.6 Å². The Morgan fingerprint density at radius 2 is 2.14 bits per heavy atom. The number of nitrogens with zero attached hydrogens (tertiary/aromatic N) is 3. The summed E-state index contributed by atoms with van der Waals surface area (Å²) in [5.41, 5.74) is 1.48. The molecule has 2 rings (SSSR count). The van der Waals surface area contributed by atoms with Crippen LogP contribution in [0.1, 0.15) is 34.4 Å². The normalized spacial score (nSPS) is 10.9. The quantitative estimate of drug-likeness (QED) is 0.217. The van der Waals surface area contributed by atoms with Gasteiger partial charge in [-0.3, -0.25) is 9.79 Å². The van der Waals surface area contributed by atoms with E-state index >= 15 is 0 Å². The van der Waals surface area contributed by atoms with Gasteiger partial charge in [-0.25, -0.2) is 4.98 Å². The fourth-order valence-electron chi connectivity index (χ4n) is 2.48. The minimum absolute atomic E-state index is 0. The number of benzene rings is 1. The largest absolute Gasteiger partial charge is 0.508 e. The van der Waals surface area contributed by atoms with E-state index in [1.54, 1.807) is 23.5 Å². The molecule has 0 radical (unpaired) electrons. The molecule has 0 atom stereocenters. The lowest BCUT2D eigenvalue weighted by Gasteiger charge is -2.21. The molecule has 7 nitrogen and oxygen atoms in total. The van der Waals surface area contributed by atoms with E-state index in [2.05, 4.69) is 26.0 Å². The molecule has 0 saturated carbocycles. The highest BCUT2D eigenvalue weighted by atomic mass is 127. The summed E-state index contributed by atoms with van der Waals surface area (Å²) in [6, 6.07) is 6.31. The number of rotatable bonds is 8. The van der Waals surface area contributed by atoms with Crippen molar-refractivity contribution < 1.29 is 9.90 Å². The molecule has 0 bridgehead atoms. The molecular weight excluding hydrogens is 489 g/mol. The number of guanidine groups is 1. The minimum atomic E-state index is -0.196. The van der Waals surface area contributed by atoms with Crippen LogP contribution in [0.25, 0.3) is 0 Å². The Labute approximate surface area is 187 Å². The van der Waals surface area contributed by atoms with Crippen molar-refractivity contribution in [2.24, 2.45) is 4.99 Å². The Bertz CT molecular complexity index is 781. The third kappa shape index (κ3) is 8.01. The van der Waals surface area contributed by atoms with Gasteiger partial charge in [-0.15, -0.1) is 35.3 Å². The summed E-state index contributed by atoms with van der Waals surface area (Å²) in [6.07, 6.45) is 0.725. The lowest BCUT2D eigenvalue weighted by atomic mass is 10.2. The highest BCUT2D eigenvalue weighted by Gasteiger charge is 2.09. The number of amides is 1. The van der Waals surface area contributed by atoms with E-state index in [1.807, 2.05) is 25.8 Å². The van der Waals surface area contributed by atoms with Crippen LogP contribution in [-0.4, -0.2) is 53.5 Å². The molecule has 2 aromatic rings. The zero-order chi connectivity index (χ0) is 19.6. The van der Waals surface area contributed by atoms with Gasteiger partial charge in [0.25, 0.3) is 5.91 Å². The number of carbonyl (C=O) groups excluding carboxylic acids is 1. The lowest BCUT2D eigenvalue weighted by Crippen LogP contribution is -2.38. The highest BCUT2D eigenvalue weighted by Crippen LogP contribution is 2.11. The number of phenols is 1. The molecule has 154 valence electrons. The van der Waals surface area contributed by atoms with Crippen LogP contribution in [0.4, 0.5) is 0 Å².